The number of aromatic nitrogens is 1. The number of carbonyl (C=O) groups excluding carboxylic acids is 1. The van der Waals surface area contributed by atoms with E-state index >= 15 is 0 Å². The summed E-state index contributed by atoms with van der Waals surface area (Å²) >= 11 is 5.91. The molecule has 0 unspecified atom stereocenters. The number of fused-ring (bicyclic) bond motifs is 1. The second kappa shape index (κ2) is 6.78. The maximum Gasteiger partial charge on any atom is 0.270 e. The Kier molecular flexibility index (Phi) is 4.86. The Hall–Kier alpha value is -1.90. The van der Waals surface area contributed by atoms with Crippen LogP contribution in [0.25, 0.3) is 0 Å². The van der Waals surface area contributed by atoms with Crippen LogP contribution >= 0.6 is 11.6 Å². The minimum Gasteiger partial charge on any atom is -0.340 e. The van der Waals surface area contributed by atoms with Crippen molar-refractivity contribution in [1.82, 2.24) is 14.2 Å². The molecule has 1 aliphatic heterocycles. The van der Waals surface area contributed by atoms with Gasteiger partial charge in [-0.25, -0.2) is 17.5 Å². The first kappa shape index (κ1) is 17.9. The summed E-state index contributed by atoms with van der Waals surface area (Å²) in [7, 11) is -3.82. The first-order chi connectivity index (χ1) is 11.8. The molecule has 134 valence electrons. The Balaban J connectivity index is 1.80. The Morgan fingerprint density at radius 1 is 1.28 bits per heavy atom. The minimum absolute atomic E-state index is 0.0204. The van der Waals surface area contributed by atoms with Gasteiger partial charge in [-0.1, -0.05) is 17.7 Å². The molecule has 25 heavy (non-hydrogen) atoms. The van der Waals surface area contributed by atoms with Crippen LogP contribution in [0.15, 0.2) is 35.4 Å². The molecule has 1 aromatic heterocycles. The van der Waals surface area contributed by atoms with Gasteiger partial charge in [-0.05, 0) is 30.7 Å². The van der Waals surface area contributed by atoms with Gasteiger partial charge in [0.2, 0.25) is 10.0 Å². The molecule has 1 N–H and O–H groups in total. The topological polar surface area (TPSA) is 71.4 Å². The fourth-order valence-electron chi connectivity index (χ4n) is 2.71. The third-order valence-electron chi connectivity index (χ3n) is 4.15. The highest BCUT2D eigenvalue weighted by Gasteiger charge is 2.27. The highest BCUT2D eigenvalue weighted by atomic mass is 35.5. The quantitative estimate of drug-likeness (QED) is 0.858. The van der Waals surface area contributed by atoms with Crippen LogP contribution in [0.3, 0.4) is 0 Å². The first-order valence-electron chi connectivity index (χ1n) is 7.75. The number of rotatable bonds is 5. The number of halogens is 2. The van der Waals surface area contributed by atoms with E-state index in [1.54, 1.807) is 9.47 Å². The van der Waals surface area contributed by atoms with E-state index in [4.69, 9.17) is 11.6 Å². The molecule has 0 atom stereocenters. The summed E-state index contributed by atoms with van der Waals surface area (Å²) in [5.74, 6) is -0.674. The lowest BCUT2D eigenvalue weighted by Gasteiger charge is -2.26. The number of nitrogens with one attached hydrogen (secondary N) is 1. The van der Waals surface area contributed by atoms with Crippen LogP contribution in [0.2, 0.25) is 5.02 Å². The van der Waals surface area contributed by atoms with Gasteiger partial charge >= 0.3 is 0 Å². The summed E-state index contributed by atoms with van der Waals surface area (Å²) in [4.78, 5) is 14.0. The second-order valence-corrected chi connectivity index (χ2v) is 7.87. The molecule has 1 aromatic carbocycles. The van der Waals surface area contributed by atoms with Crippen molar-refractivity contribution >= 4 is 27.5 Å². The predicted molar refractivity (Wildman–Crippen MR) is 91.4 cm³/mol. The maximum atomic E-state index is 13.1. The van der Waals surface area contributed by atoms with Crippen molar-refractivity contribution in [3.63, 3.8) is 0 Å². The molecule has 0 aliphatic carbocycles. The molecule has 2 heterocycles. The molecule has 1 amide bonds. The number of carbonyl (C=O) groups is 1. The lowest BCUT2D eigenvalue weighted by atomic mass is 10.2. The van der Waals surface area contributed by atoms with Crippen molar-refractivity contribution in [2.45, 2.75) is 24.9 Å². The molecule has 3 rings (SSSR count). The predicted octanol–water partition coefficient (Wildman–Crippen LogP) is 2.23. The molecule has 0 spiro atoms. The smallest absolute Gasteiger partial charge is 0.270 e. The van der Waals surface area contributed by atoms with Gasteiger partial charge < -0.3 is 9.47 Å². The third kappa shape index (κ3) is 3.56. The number of sulfonamides is 1. The van der Waals surface area contributed by atoms with E-state index in [2.05, 4.69) is 4.72 Å². The lowest BCUT2D eigenvalue weighted by molar-refractivity contribution is 0.0715. The number of nitrogens with zero attached hydrogens (tertiary/aromatic N) is 2. The third-order valence-corrected chi connectivity index (χ3v) is 5.87. The number of hydrogen-bond donors (Lipinski definition) is 1. The summed E-state index contributed by atoms with van der Waals surface area (Å²) < 4.78 is 42.1. The summed E-state index contributed by atoms with van der Waals surface area (Å²) in [5, 5.41) is 0.146. The zero-order valence-electron chi connectivity index (χ0n) is 13.5. The lowest BCUT2D eigenvalue weighted by Crippen LogP contribution is -2.39. The summed E-state index contributed by atoms with van der Waals surface area (Å²) in [6.45, 7) is 3.48. The second-order valence-electron chi connectivity index (χ2n) is 5.70. The van der Waals surface area contributed by atoms with Gasteiger partial charge in [0, 0.05) is 37.4 Å². The highest BCUT2D eigenvalue weighted by molar-refractivity contribution is 7.89. The van der Waals surface area contributed by atoms with E-state index in [-0.39, 0.29) is 22.4 Å². The van der Waals surface area contributed by atoms with E-state index in [1.165, 1.54) is 24.4 Å². The molecule has 0 radical (unpaired) electrons. The van der Waals surface area contributed by atoms with Crippen molar-refractivity contribution in [2.75, 3.05) is 13.1 Å². The molecule has 1 aliphatic rings. The minimum atomic E-state index is -3.82. The largest absolute Gasteiger partial charge is 0.340 e. The first-order valence-corrected chi connectivity index (χ1v) is 9.61. The monoisotopic (exact) mass is 385 g/mol. The molecule has 0 saturated carbocycles. The molecule has 0 saturated heterocycles. The molecule has 0 bridgehead atoms. The van der Waals surface area contributed by atoms with Crippen LogP contribution in [0.5, 0.6) is 0 Å². The van der Waals surface area contributed by atoms with Gasteiger partial charge in [-0.15, -0.1) is 0 Å². The Labute approximate surface area is 150 Å². The van der Waals surface area contributed by atoms with E-state index in [9.17, 15) is 17.6 Å². The Morgan fingerprint density at radius 2 is 2.04 bits per heavy atom. The van der Waals surface area contributed by atoms with Gasteiger partial charge in [-0.2, -0.15) is 0 Å². The van der Waals surface area contributed by atoms with Gasteiger partial charge in [0.25, 0.3) is 5.91 Å². The molecule has 6 nitrogen and oxygen atoms in total. The number of amides is 1. The average molecular weight is 386 g/mol. The standard InChI is InChI=1S/C16H17ClFN3O3S/c1-2-20-5-6-21-10-13(8-15(21)16(20)22)25(23,24)19-9-11-3-4-12(18)7-14(11)17/h3-4,7-8,10,19H,2,5-6,9H2,1H3. The van der Waals surface area contributed by atoms with Crippen LogP contribution in [0, 0.1) is 5.82 Å². The zero-order chi connectivity index (χ0) is 18.2. The summed E-state index contributed by atoms with van der Waals surface area (Å²) in [5.41, 5.74) is 0.817. The van der Waals surface area contributed by atoms with E-state index in [1.807, 2.05) is 6.92 Å². The fourth-order valence-corrected chi connectivity index (χ4v) is 3.99. The van der Waals surface area contributed by atoms with Crippen LogP contribution in [-0.2, 0) is 23.1 Å². The van der Waals surface area contributed by atoms with Gasteiger partial charge in [0.05, 0.1) is 0 Å². The number of benzene rings is 1. The van der Waals surface area contributed by atoms with Crippen LogP contribution in [0.1, 0.15) is 23.0 Å². The van der Waals surface area contributed by atoms with Gasteiger partial charge in [0.1, 0.15) is 16.4 Å². The molecule has 0 fully saturated rings. The molecule has 2 aromatic rings. The Morgan fingerprint density at radius 3 is 2.72 bits per heavy atom. The van der Waals surface area contributed by atoms with Crippen molar-refractivity contribution in [1.29, 1.82) is 0 Å². The highest BCUT2D eigenvalue weighted by Crippen LogP contribution is 2.21. The Bertz CT molecular complexity index is 927. The SMILES string of the molecule is CCN1CCn2cc(S(=O)(=O)NCc3ccc(F)cc3Cl)cc2C1=O. The zero-order valence-corrected chi connectivity index (χ0v) is 15.1. The number of likely N-dealkylation sites (N-methyl/N-ethyl adjacent to an activating group) is 1. The van der Waals surface area contributed by atoms with Crippen molar-refractivity contribution in [3.05, 3.63) is 52.6 Å². The molecular formula is C16H17ClFN3O3S. The molecular weight excluding hydrogens is 369 g/mol. The van der Waals surface area contributed by atoms with Gasteiger partial charge in [0.15, 0.2) is 0 Å². The van der Waals surface area contributed by atoms with Crippen LogP contribution < -0.4 is 4.72 Å². The van der Waals surface area contributed by atoms with Gasteiger partial charge in [-0.3, -0.25) is 4.79 Å². The normalized spacial score (nSPS) is 14.7. The summed E-state index contributed by atoms with van der Waals surface area (Å²) in [6, 6.07) is 5.14. The van der Waals surface area contributed by atoms with E-state index in [0.29, 0.717) is 30.9 Å². The van der Waals surface area contributed by atoms with Crippen LogP contribution in [0.4, 0.5) is 4.39 Å². The van der Waals surface area contributed by atoms with E-state index < -0.39 is 15.8 Å². The molecule has 9 heteroatoms. The van der Waals surface area contributed by atoms with Crippen molar-refractivity contribution in [2.24, 2.45) is 0 Å². The average Bonchev–Trinajstić information content (AvgIpc) is 3.00. The number of hydrogen-bond acceptors (Lipinski definition) is 3. The maximum absolute atomic E-state index is 13.1. The van der Waals surface area contributed by atoms with Crippen LogP contribution in [-0.4, -0.2) is 36.9 Å². The van der Waals surface area contributed by atoms with Crippen molar-refractivity contribution in [3.8, 4) is 0 Å². The van der Waals surface area contributed by atoms with Crippen molar-refractivity contribution < 1.29 is 17.6 Å². The fraction of sp³-hybridized carbons (Fsp3) is 0.312. The van der Waals surface area contributed by atoms with E-state index in [0.717, 1.165) is 6.07 Å². The summed E-state index contributed by atoms with van der Waals surface area (Å²) in [6.07, 6.45) is 1.45.